The molecule has 0 saturated heterocycles. The van der Waals surface area contributed by atoms with Crippen LogP contribution in [0.3, 0.4) is 0 Å². The standard InChI is InChI=1S/C15H15NO5S/c1-2-16(15(17)18)21-12-8-10-14(11-9-12)22(19,20)13-6-4-3-5-7-13/h3-11H,2H2,1H3,(H,17,18). The van der Waals surface area contributed by atoms with Gasteiger partial charge in [0, 0.05) is 0 Å². The minimum Gasteiger partial charge on any atom is -0.463 e. The smallest absolute Gasteiger partial charge is 0.440 e. The zero-order valence-corrected chi connectivity index (χ0v) is 12.7. The van der Waals surface area contributed by atoms with Gasteiger partial charge >= 0.3 is 6.09 Å². The summed E-state index contributed by atoms with van der Waals surface area (Å²) in [5, 5.41) is 9.62. The van der Waals surface area contributed by atoms with E-state index in [2.05, 4.69) is 0 Å². The van der Waals surface area contributed by atoms with Crippen LogP contribution in [0.1, 0.15) is 6.92 Å². The highest BCUT2D eigenvalue weighted by atomic mass is 32.2. The van der Waals surface area contributed by atoms with Gasteiger partial charge in [0.15, 0.2) is 5.75 Å². The lowest BCUT2D eigenvalue weighted by Gasteiger charge is -2.17. The molecule has 0 spiro atoms. The minimum absolute atomic E-state index is 0.115. The Kier molecular flexibility index (Phi) is 4.67. The van der Waals surface area contributed by atoms with Gasteiger partial charge in [-0.2, -0.15) is 0 Å². The summed E-state index contributed by atoms with van der Waals surface area (Å²) in [7, 11) is -3.59. The van der Waals surface area contributed by atoms with E-state index in [1.807, 2.05) is 0 Å². The fourth-order valence-electron chi connectivity index (χ4n) is 1.78. The number of rotatable bonds is 5. The van der Waals surface area contributed by atoms with Gasteiger partial charge in [0.2, 0.25) is 9.84 Å². The van der Waals surface area contributed by atoms with E-state index >= 15 is 0 Å². The fraction of sp³-hybridized carbons (Fsp3) is 0.133. The van der Waals surface area contributed by atoms with E-state index in [0.29, 0.717) is 0 Å². The number of benzene rings is 2. The number of carboxylic acid groups (broad SMARTS) is 1. The van der Waals surface area contributed by atoms with Gasteiger partial charge in [-0.25, -0.2) is 13.2 Å². The lowest BCUT2D eigenvalue weighted by Crippen LogP contribution is -2.32. The maximum Gasteiger partial charge on any atom is 0.440 e. The van der Waals surface area contributed by atoms with Crippen molar-refractivity contribution >= 4 is 15.9 Å². The Bertz CT molecular complexity index is 741. The van der Waals surface area contributed by atoms with Crippen molar-refractivity contribution in [2.75, 3.05) is 6.54 Å². The van der Waals surface area contributed by atoms with Crippen molar-refractivity contribution in [3.05, 3.63) is 54.6 Å². The van der Waals surface area contributed by atoms with E-state index < -0.39 is 15.9 Å². The molecule has 0 radical (unpaired) electrons. The highest BCUT2D eigenvalue weighted by molar-refractivity contribution is 7.91. The van der Waals surface area contributed by atoms with E-state index in [0.717, 1.165) is 5.06 Å². The number of hydroxylamine groups is 2. The van der Waals surface area contributed by atoms with Gasteiger partial charge in [-0.05, 0) is 43.3 Å². The largest absolute Gasteiger partial charge is 0.463 e. The number of hydrogen-bond donors (Lipinski definition) is 1. The van der Waals surface area contributed by atoms with Crippen LogP contribution in [-0.2, 0) is 9.84 Å². The molecule has 6 nitrogen and oxygen atoms in total. The molecular formula is C15H15NO5S. The van der Waals surface area contributed by atoms with Gasteiger partial charge in [0.05, 0.1) is 16.3 Å². The molecule has 0 aliphatic carbocycles. The van der Waals surface area contributed by atoms with E-state index in [1.165, 1.54) is 36.4 Å². The van der Waals surface area contributed by atoms with Gasteiger partial charge in [0.25, 0.3) is 0 Å². The first kappa shape index (κ1) is 15.8. The second-order valence-corrected chi connectivity index (χ2v) is 6.31. The third kappa shape index (κ3) is 3.37. The van der Waals surface area contributed by atoms with Crippen LogP contribution in [0.4, 0.5) is 4.79 Å². The monoisotopic (exact) mass is 321 g/mol. The summed E-state index contributed by atoms with van der Waals surface area (Å²) >= 11 is 0. The number of nitrogens with zero attached hydrogens (tertiary/aromatic N) is 1. The highest BCUT2D eigenvalue weighted by Crippen LogP contribution is 2.23. The number of sulfone groups is 1. The van der Waals surface area contributed by atoms with Crippen molar-refractivity contribution in [2.45, 2.75) is 16.7 Å². The molecule has 1 amide bonds. The van der Waals surface area contributed by atoms with Crippen molar-refractivity contribution in [1.82, 2.24) is 5.06 Å². The molecule has 0 saturated carbocycles. The highest BCUT2D eigenvalue weighted by Gasteiger charge is 2.18. The van der Waals surface area contributed by atoms with Crippen molar-refractivity contribution in [3.63, 3.8) is 0 Å². The topological polar surface area (TPSA) is 83.9 Å². The summed E-state index contributed by atoms with van der Waals surface area (Å²) in [6.07, 6.45) is -1.22. The molecular weight excluding hydrogens is 306 g/mol. The third-order valence-electron chi connectivity index (χ3n) is 2.90. The number of carbonyl (C=O) groups is 1. The Labute approximate surface area is 128 Å². The fourth-order valence-corrected chi connectivity index (χ4v) is 3.06. The summed E-state index contributed by atoms with van der Waals surface area (Å²) in [6, 6.07) is 13.7. The summed E-state index contributed by atoms with van der Waals surface area (Å²) in [5.41, 5.74) is 0. The molecule has 0 atom stereocenters. The van der Waals surface area contributed by atoms with E-state index in [-0.39, 0.29) is 22.1 Å². The van der Waals surface area contributed by atoms with Gasteiger partial charge in [-0.3, -0.25) is 0 Å². The zero-order valence-electron chi connectivity index (χ0n) is 11.8. The Hall–Kier alpha value is -2.54. The minimum atomic E-state index is -3.59. The second-order valence-electron chi connectivity index (χ2n) is 4.36. The molecule has 2 aromatic carbocycles. The van der Waals surface area contributed by atoms with Crippen LogP contribution in [0, 0.1) is 0 Å². The summed E-state index contributed by atoms with van der Waals surface area (Å²) in [4.78, 5) is 16.3. The lowest BCUT2D eigenvalue weighted by atomic mass is 10.3. The SMILES string of the molecule is CCN(Oc1ccc(S(=O)(=O)c2ccccc2)cc1)C(=O)O. The van der Waals surface area contributed by atoms with Crippen LogP contribution in [0.15, 0.2) is 64.4 Å². The van der Waals surface area contributed by atoms with Gasteiger partial charge in [-0.15, -0.1) is 5.06 Å². The molecule has 0 aromatic heterocycles. The van der Waals surface area contributed by atoms with Crippen molar-refractivity contribution < 1.29 is 23.2 Å². The van der Waals surface area contributed by atoms with Gasteiger partial charge < -0.3 is 9.94 Å². The molecule has 0 fully saturated rings. The first-order valence-corrected chi connectivity index (χ1v) is 8.02. The van der Waals surface area contributed by atoms with Crippen molar-refractivity contribution in [2.24, 2.45) is 0 Å². The van der Waals surface area contributed by atoms with Crippen LogP contribution in [0.2, 0.25) is 0 Å². The first-order chi connectivity index (χ1) is 10.4. The summed E-state index contributed by atoms with van der Waals surface area (Å²) in [5.74, 6) is 0.247. The normalized spacial score (nSPS) is 11.0. The Balaban J connectivity index is 2.24. The Morgan fingerprint density at radius 1 is 1.05 bits per heavy atom. The first-order valence-electron chi connectivity index (χ1n) is 6.54. The number of amides is 1. The van der Waals surface area contributed by atoms with Crippen LogP contribution in [-0.4, -0.2) is 31.2 Å². The maximum absolute atomic E-state index is 12.4. The van der Waals surface area contributed by atoms with Crippen LogP contribution in [0.5, 0.6) is 5.75 Å². The Morgan fingerprint density at radius 3 is 2.09 bits per heavy atom. The second kappa shape index (κ2) is 6.48. The van der Waals surface area contributed by atoms with Gasteiger partial charge in [0.1, 0.15) is 0 Å². The van der Waals surface area contributed by atoms with Crippen LogP contribution in [0.25, 0.3) is 0 Å². The molecule has 0 unspecified atom stereocenters. The lowest BCUT2D eigenvalue weighted by molar-refractivity contribution is -0.0315. The predicted molar refractivity (Wildman–Crippen MR) is 79.4 cm³/mol. The third-order valence-corrected chi connectivity index (χ3v) is 4.69. The average molecular weight is 321 g/mol. The van der Waals surface area contributed by atoms with E-state index in [9.17, 15) is 13.2 Å². The van der Waals surface area contributed by atoms with E-state index in [1.54, 1.807) is 25.1 Å². The molecule has 0 bridgehead atoms. The summed E-state index contributed by atoms with van der Waals surface area (Å²) in [6.45, 7) is 1.78. The molecule has 0 aliphatic rings. The maximum atomic E-state index is 12.4. The van der Waals surface area contributed by atoms with Crippen molar-refractivity contribution in [1.29, 1.82) is 0 Å². The molecule has 22 heavy (non-hydrogen) atoms. The molecule has 116 valence electrons. The molecule has 0 aliphatic heterocycles. The van der Waals surface area contributed by atoms with Crippen molar-refractivity contribution in [3.8, 4) is 5.75 Å². The summed E-state index contributed by atoms with van der Waals surface area (Å²) < 4.78 is 24.8. The van der Waals surface area contributed by atoms with Gasteiger partial charge in [-0.1, -0.05) is 18.2 Å². The molecule has 1 N–H and O–H groups in total. The molecule has 2 rings (SSSR count). The predicted octanol–water partition coefficient (Wildman–Crippen LogP) is 2.81. The van der Waals surface area contributed by atoms with Crippen LogP contribution >= 0.6 is 0 Å². The van der Waals surface area contributed by atoms with Crippen LogP contribution < -0.4 is 4.84 Å². The molecule has 2 aromatic rings. The van der Waals surface area contributed by atoms with E-state index in [4.69, 9.17) is 9.94 Å². The zero-order chi connectivity index (χ0) is 16.2. The quantitative estimate of drug-likeness (QED) is 0.856. The number of hydrogen-bond acceptors (Lipinski definition) is 4. The Morgan fingerprint density at radius 2 is 1.59 bits per heavy atom. The molecule has 0 heterocycles. The average Bonchev–Trinajstić information content (AvgIpc) is 2.53. The molecule has 7 heteroatoms.